The minimum absolute atomic E-state index is 0.277. The third-order valence-electron chi connectivity index (χ3n) is 3.24. The lowest BCUT2D eigenvalue weighted by Gasteiger charge is -2.29. The van der Waals surface area contributed by atoms with Gasteiger partial charge in [0.15, 0.2) is 0 Å². The lowest BCUT2D eigenvalue weighted by Crippen LogP contribution is -2.44. The Morgan fingerprint density at radius 3 is 2.57 bits per heavy atom. The molecule has 0 saturated carbocycles. The third kappa shape index (κ3) is 9.02. The molecule has 1 rings (SSSR count). The van der Waals surface area contributed by atoms with Gasteiger partial charge in [0.05, 0.1) is 13.2 Å². The summed E-state index contributed by atoms with van der Waals surface area (Å²) >= 11 is 0. The van der Waals surface area contributed by atoms with E-state index < -0.39 is 27.9 Å². The van der Waals surface area contributed by atoms with Crippen molar-refractivity contribution in [3.8, 4) is 0 Å². The molecule has 0 radical (unpaired) electrons. The van der Waals surface area contributed by atoms with Crippen molar-refractivity contribution in [2.75, 3.05) is 38.6 Å². The van der Waals surface area contributed by atoms with E-state index in [-0.39, 0.29) is 6.42 Å². The van der Waals surface area contributed by atoms with Gasteiger partial charge in [0.1, 0.15) is 11.9 Å². The van der Waals surface area contributed by atoms with Crippen molar-refractivity contribution in [1.82, 2.24) is 4.90 Å². The number of unbranched alkanes of at least 4 members (excludes halogenated alkanes) is 2. The molecule has 1 saturated heterocycles. The molecule has 0 bridgehead atoms. The van der Waals surface area contributed by atoms with E-state index >= 15 is 0 Å². The highest BCUT2D eigenvalue weighted by Gasteiger charge is 2.24. The van der Waals surface area contributed by atoms with Gasteiger partial charge in [-0.3, -0.25) is 14.2 Å². The molecule has 1 unspecified atom stereocenters. The summed E-state index contributed by atoms with van der Waals surface area (Å²) in [7, 11) is -4.18. The number of hydrogen-bond acceptors (Lipinski definition) is 6. The Morgan fingerprint density at radius 1 is 1.33 bits per heavy atom. The molecule has 0 spiro atoms. The zero-order valence-corrected chi connectivity index (χ0v) is 13.3. The van der Waals surface area contributed by atoms with Crippen molar-refractivity contribution in [2.24, 2.45) is 0 Å². The number of ether oxygens (including phenoxy) is 2. The Balaban J connectivity index is 2.48. The normalized spacial score (nSPS) is 18.4. The quantitative estimate of drug-likeness (QED) is 0.379. The number of carbonyl (C=O) groups is 1. The second kappa shape index (κ2) is 9.34. The van der Waals surface area contributed by atoms with Gasteiger partial charge in [-0.15, -0.1) is 0 Å². The lowest BCUT2D eigenvalue weighted by atomic mass is 10.2. The summed E-state index contributed by atoms with van der Waals surface area (Å²) in [6.45, 7) is 4.80. The van der Waals surface area contributed by atoms with Crippen LogP contribution in [0.25, 0.3) is 0 Å². The highest BCUT2D eigenvalue weighted by atomic mass is 32.2. The molecule has 7 nitrogen and oxygen atoms in total. The van der Waals surface area contributed by atoms with Gasteiger partial charge in [0, 0.05) is 26.1 Å². The minimum Gasteiger partial charge on any atom is -0.460 e. The second-order valence-corrected chi connectivity index (χ2v) is 6.73. The average Bonchev–Trinajstić information content (AvgIpc) is 2.38. The summed E-state index contributed by atoms with van der Waals surface area (Å²) in [5.74, 6) is -0.977. The Bertz CT molecular complexity index is 405. The molecule has 8 heteroatoms. The van der Waals surface area contributed by atoms with Crippen LogP contribution >= 0.6 is 0 Å². The predicted molar refractivity (Wildman–Crippen MR) is 77.7 cm³/mol. The molecule has 0 amide bonds. The molecular weight excluding hydrogens is 298 g/mol. The van der Waals surface area contributed by atoms with Crippen LogP contribution in [0.3, 0.4) is 0 Å². The van der Waals surface area contributed by atoms with Gasteiger partial charge in [0.25, 0.3) is 10.1 Å². The summed E-state index contributed by atoms with van der Waals surface area (Å²) in [4.78, 5) is 13.7. The van der Waals surface area contributed by atoms with E-state index in [9.17, 15) is 13.2 Å². The lowest BCUT2D eigenvalue weighted by molar-refractivity contribution is -0.149. The summed E-state index contributed by atoms with van der Waals surface area (Å²) in [5, 5.41) is 0. The van der Waals surface area contributed by atoms with Crippen molar-refractivity contribution in [3.63, 3.8) is 0 Å². The molecule has 21 heavy (non-hydrogen) atoms. The number of nitrogens with zero attached hydrogens (tertiary/aromatic N) is 1. The molecular formula is C13H25NO6S. The van der Waals surface area contributed by atoms with Crippen LogP contribution in [0.1, 0.15) is 32.6 Å². The monoisotopic (exact) mass is 323 g/mol. The number of hydrogen-bond donors (Lipinski definition) is 1. The largest absolute Gasteiger partial charge is 0.460 e. The minimum atomic E-state index is -4.18. The van der Waals surface area contributed by atoms with Gasteiger partial charge in [-0.1, -0.05) is 19.8 Å². The molecule has 1 aliphatic heterocycles. The molecule has 1 fully saturated rings. The van der Waals surface area contributed by atoms with Crippen LogP contribution in [-0.4, -0.2) is 68.5 Å². The SMILES string of the molecule is CCCCCC(=O)OC(CN1CCOCC1)CS(=O)(=O)O. The van der Waals surface area contributed by atoms with E-state index in [4.69, 9.17) is 14.0 Å². The van der Waals surface area contributed by atoms with E-state index in [0.29, 0.717) is 32.8 Å². The maximum Gasteiger partial charge on any atom is 0.306 e. The van der Waals surface area contributed by atoms with Gasteiger partial charge in [-0.25, -0.2) is 0 Å². The van der Waals surface area contributed by atoms with Crippen molar-refractivity contribution in [2.45, 2.75) is 38.7 Å². The van der Waals surface area contributed by atoms with Gasteiger partial charge in [-0.2, -0.15) is 8.42 Å². The maximum atomic E-state index is 11.7. The first-order valence-electron chi connectivity index (χ1n) is 7.35. The third-order valence-corrected chi connectivity index (χ3v) is 4.04. The van der Waals surface area contributed by atoms with Crippen molar-refractivity contribution < 1.29 is 27.2 Å². The van der Waals surface area contributed by atoms with Crippen LogP contribution in [0.5, 0.6) is 0 Å². The highest BCUT2D eigenvalue weighted by Crippen LogP contribution is 2.08. The second-order valence-electron chi connectivity index (χ2n) is 5.23. The van der Waals surface area contributed by atoms with E-state index in [1.165, 1.54) is 0 Å². The fourth-order valence-corrected chi connectivity index (χ4v) is 2.84. The van der Waals surface area contributed by atoms with Crippen LogP contribution in [0, 0.1) is 0 Å². The zero-order valence-electron chi connectivity index (χ0n) is 12.5. The number of rotatable bonds is 9. The molecule has 0 aliphatic carbocycles. The average molecular weight is 323 g/mol. The van der Waals surface area contributed by atoms with Crippen LogP contribution in [0.2, 0.25) is 0 Å². The maximum absolute atomic E-state index is 11.7. The van der Waals surface area contributed by atoms with Crippen LogP contribution in [-0.2, 0) is 24.4 Å². The first kappa shape index (κ1) is 18.3. The van der Waals surface area contributed by atoms with E-state index in [1.807, 2.05) is 11.8 Å². The molecule has 0 aromatic rings. The first-order valence-corrected chi connectivity index (χ1v) is 8.96. The molecule has 1 N–H and O–H groups in total. The molecule has 1 heterocycles. The van der Waals surface area contributed by atoms with Gasteiger partial charge in [-0.05, 0) is 6.42 Å². The number of morpholine rings is 1. The van der Waals surface area contributed by atoms with Crippen molar-refractivity contribution >= 4 is 16.1 Å². The molecule has 124 valence electrons. The van der Waals surface area contributed by atoms with Crippen LogP contribution < -0.4 is 0 Å². The summed E-state index contributed by atoms with van der Waals surface area (Å²) < 4.78 is 41.5. The fourth-order valence-electron chi connectivity index (χ4n) is 2.19. The van der Waals surface area contributed by atoms with Gasteiger partial charge >= 0.3 is 5.97 Å². The molecule has 1 aliphatic rings. The number of carbonyl (C=O) groups excluding carboxylic acids is 1. The van der Waals surface area contributed by atoms with Crippen LogP contribution in [0.4, 0.5) is 0 Å². The van der Waals surface area contributed by atoms with Gasteiger partial charge in [0.2, 0.25) is 0 Å². The smallest absolute Gasteiger partial charge is 0.306 e. The fraction of sp³-hybridized carbons (Fsp3) is 0.923. The highest BCUT2D eigenvalue weighted by molar-refractivity contribution is 7.85. The summed E-state index contributed by atoms with van der Waals surface area (Å²) in [6, 6.07) is 0. The molecule has 0 aromatic heterocycles. The van der Waals surface area contributed by atoms with Gasteiger partial charge < -0.3 is 9.47 Å². The Kier molecular flexibility index (Phi) is 8.16. The zero-order chi connectivity index (χ0) is 15.7. The first-order chi connectivity index (χ1) is 9.90. The van der Waals surface area contributed by atoms with Crippen LogP contribution in [0.15, 0.2) is 0 Å². The van der Waals surface area contributed by atoms with Crippen molar-refractivity contribution in [1.29, 1.82) is 0 Å². The Hall–Kier alpha value is -0.700. The standard InChI is InChI=1S/C13H25NO6S/c1-2-3-4-5-13(15)20-12(11-21(16,17)18)10-14-6-8-19-9-7-14/h12H,2-11H2,1H3,(H,16,17,18). The number of esters is 1. The van der Waals surface area contributed by atoms with E-state index in [2.05, 4.69) is 0 Å². The molecule has 0 aromatic carbocycles. The molecule has 1 atom stereocenters. The predicted octanol–water partition coefficient (Wildman–Crippen LogP) is 0.699. The van der Waals surface area contributed by atoms with E-state index in [1.54, 1.807) is 0 Å². The summed E-state index contributed by atoms with van der Waals surface area (Å²) in [6.07, 6.45) is 2.09. The van der Waals surface area contributed by atoms with E-state index in [0.717, 1.165) is 19.3 Å². The Morgan fingerprint density at radius 2 is 2.00 bits per heavy atom. The summed E-state index contributed by atoms with van der Waals surface area (Å²) in [5.41, 5.74) is 0. The van der Waals surface area contributed by atoms with Crippen molar-refractivity contribution in [3.05, 3.63) is 0 Å². The topological polar surface area (TPSA) is 93.1 Å². The Labute approximate surface area is 126 Å².